The molecule has 0 unspecified atom stereocenters. The highest BCUT2D eigenvalue weighted by molar-refractivity contribution is 6.31. The normalized spacial score (nSPS) is 12.1. The van der Waals surface area contributed by atoms with Gasteiger partial charge in [-0.1, -0.05) is 11.6 Å². The van der Waals surface area contributed by atoms with Gasteiger partial charge in [-0.3, -0.25) is 4.79 Å². The summed E-state index contributed by atoms with van der Waals surface area (Å²) in [4.78, 5) is 13.1. The molecule has 0 saturated carbocycles. The second kappa shape index (κ2) is 5.21. The van der Waals surface area contributed by atoms with Crippen LogP contribution in [-0.4, -0.2) is 31.0 Å². The summed E-state index contributed by atoms with van der Waals surface area (Å²) < 4.78 is 5.52. The van der Waals surface area contributed by atoms with Crippen molar-refractivity contribution in [3.05, 3.63) is 28.8 Å². The lowest BCUT2D eigenvalue weighted by atomic mass is 10.2. The maximum Gasteiger partial charge on any atom is 0.262 e. The average molecular weight is 242 g/mol. The number of hydrogen-bond acceptors (Lipinski definition) is 2. The van der Waals surface area contributed by atoms with Gasteiger partial charge in [0.15, 0.2) is 6.10 Å². The maximum atomic E-state index is 11.6. The number of rotatable bonds is 3. The maximum absolute atomic E-state index is 11.6. The zero-order valence-corrected chi connectivity index (χ0v) is 10.7. The lowest BCUT2D eigenvalue weighted by Crippen LogP contribution is -2.35. The standard InChI is InChI=1S/C12H16ClNO2/c1-8-7-10(5-6-11(8)13)16-9(2)12(15)14(3)4/h5-7,9H,1-4H3/t9-/m0/s1. The average Bonchev–Trinajstić information content (AvgIpc) is 2.22. The quantitative estimate of drug-likeness (QED) is 0.814. The predicted octanol–water partition coefficient (Wildman–Crippen LogP) is 2.50. The minimum absolute atomic E-state index is 0.0624. The second-order valence-corrected chi connectivity index (χ2v) is 4.31. The van der Waals surface area contributed by atoms with Crippen LogP contribution in [0.1, 0.15) is 12.5 Å². The molecule has 1 aromatic carbocycles. The summed E-state index contributed by atoms with van der Waals surface area (Å²) in [5, 5.41) is 0.693. The third-order valence-corrected chi connectivity index (χ3v) is 2.65. The number of benzene rings is 1. The molecule has 0 spiro atoms. The molecule has 16 heavy (non-hydrogen) atoms. The molecule has 3 nitrogen and oxygen atoms in total. The molecule has 0 N–H and O–H groups in total. The summed E-state index contributed by atoms with van der Waals surface area (Å²) in [6.07, 6.45) is -0.490. The van der Waals surface area contributed by atoms with Gasteiger partial charge in [-0.15, -0.1) is 0 Å². The first-order valence-electron chi connectivity index (χ1n) is 5.06. The molecular formula is C12H16ClNO2. The van der Waals surface area contributed by atoms with Gasteiger partial charge in [0.25, 0.3) is 5.91 Å². The Hall–Kier alpha value is -1.22. The number of aryl methyl sites for hydroxylation is 1. The highest BCUT2D eigenvalue weighted by atomic mass is 35.5. The Morgan fingerprint density at radius 1 is 1.44 bits per heavy atom. The Bertz CT molecular complexity index is 391. The van der Waals surface area contributed by atoms with Gasteiger partial charge in [-0.05, 0) is 37.6 Å². The zero-order chi connectivity index (χ0) is 12.3. The van der Waals surface area contributed by atoms with Crippen molar-refractivity contribution in [1.82, 2.24) is 4.90 Å². The van der Waals surface area contributed by atoms with E-state index in [1.807, 2.05) is 13.0 Å². The van der Waals surface area contributed by atoms with Crippen LogP contribution in [0.4, 0.5) is 0 Å². The number of carbonyl (C=O) groups is 1. The summed E-state index contributed by atoms with van der Waals surface area (Å²) in [6, 6.07) is 5.34. The van der Waals surface area contributed by atoms with Gasteiger partial charge < -0.3 is 9.64 Å². The van der Waals surface area contributed by atoms with E-state index in [4.69, 9.17) is 16.3 Å². The van der Waals surface area contributed by atoms with Crippen LogP contribution in [0, 0.1) is 6.92 Å². The van der Waals surface area contributed by atoms with Crippen LogP contribution in [0.15, 0.2) is 18.2 Å². The van der Waals surface area contributed by atoms with E-state index in [9.17, 15) is 4.79 Å². The van der Waals surface area contributed by atoms with Gasteiger partial charge in [0.05, 0.1) is 0 Å². The zero-order valence-electron chi connectivity index (χ0n) is 9.95. The molecule has 0 fully saturated rings. The van der Waals surface area contributed by atoms with Gasteiger partial charge >= 0.3 is 0 Å². The summed E-state index contributed by atoms with van der Waals surface area (Å²) in [7, 11) is 3.41. The predicted molar refractivity (Wildman–Crippen MR) is 65.0 cm³/mol. The van der Waals surface area contributed by atoms with Crippen molar-refractivity contribution in [3.8, 4) is 5.75 Å². The Balaban J connectivity index is 2.73. The third-order valence-electron chi connectivity index (χ3n) is 2.23. The molecule has 4 heteroatoms. The Kier molecular flexibility index (Phi) is 4.19. The van der Waals surface area contributed by atoms with Crippen LogP contribution < -0.4 is 4.74 Å². The van der Waals surface area contributed by atoms with Crippen molar-refractivity contribution in [3.63, 3.8) is 0 Å². The molecule has 0 saturated heterocycles. The van der Waals surface area contributed by atoms with Crippen molar-refractivity contribution in [2.75, 3.05) is 14.1 Å². The van der Waals surface area contributed by atoms with E-state index < -0.39 is 6.10 Å². The van der Waals surface area contributed by atoms with Crippen LogP contribution in [-0.2, 0) is 4.79 Å². The number of likely N-dealkylation sites (N-methyl/N-ethyl adjacent to an activating group) is 1. The molecule has 1 amide bonds. The van der Waals surface area contributed by atoms with Gasteiger partial charge in [0.1, 0.15) is 5.75 Å². The van der Waals surface area contributed by atoms with E-state index in [0.29, 0.717) is 10.8 Å². The van der Waals surface area contributed by atoms with Crippen molar-refractivity contribution in [2.24, 2.45) is 0 Å². The number of carbonyl (C=O) groups excluding carboxylic acids is 1. The summed E-state index contributed by atoms with van der Waals surface area (Å²) in [5.41, 5.74) is 0.934. The second-order valence-electron chi connectivity index (χ2n) is 3.90. The van der Waals surface area contributed by atoms with Gasteiger partial charge in [-0.2, -0.15) is 0 Å². The van der Waals surface area contributed by atoms with Gasteiger partial charge in [0.2, 0.25) is 0 Å². The van der Waals surface area contributed by atoms with Crippen molar-refractivity contribution in [2.45, 2.75) is 20.0 Å². The van der Waals surface area contributed by atoms with Crippen molar-refractivity contribution in [1.29, 1.82) is 0 Å². The molecule has 0 aliphatic carbocycles. The minimum atomic E-state index is -0.490. The summed E-state index contributed by atoms with van der Waals surface area (Å²) in [6.45, 7) is 3.62. The molecule has 0 aromatic heterocycles. The SMILES string of the molecule is Cc1cc(O[C@@H](C)C(=O)N(C)C)ccc1Cl. The van der Waals surface area contributed by atoms with E-state index in [0.717, 1.165) is 5.56 Å². The smallest absolute Gasteiger partial charge is 0.262 e. The van der Waals surface area contributed by atoms with Crippen LogP contribution in [0.25, 0.3) is 0 Å². The molecule has 0 radical (unpaired) electrons. The van der Waals surface area contributed by atoms with E-state index in [1.165, 1.54) is 4.90 Å². The molecule has 1 rings (SSSR count). The van der Waals surface area contributed by atoms with Gasteiger partial charge in [0, 0.05) is 19.1 Å². The fourth-order valence-corrected chi connectivity index (χ4v) is 1.43. The molecule has 0 bridgehead atoms. The minimum Gasteiger partial charge on any atom is -0.481 e. The summed E-state index contributed by atoms with van der Waals surface area (Å²) >= 11 is 5.90. The van der Waals surface area contributed by atoms with Crippen molar-refractivity contribution < 1.29 is 9.53 Å². The fourth-order valence-electron chi connectivity index (χ4n) is 1.31. The lowest BCUT2D eigenvalue weighted by Gasteiger charge is -2.18. The van der Waals surface area contributed by atoms with Crippen LogP contribution >= 0.6 is 11.6 Å². The Morgan fingerprint density at radius 3 is 2.56 bits per heavy atom. The molecular weight excluding hydrogens is 226 g/mol. The first-order valence-corrected chi connectivity index (χ1v) is 5.43. The third kappa shape index (κ3) is 3.14. The van der Waals surface area contributed by atoms with E-state index in [2.05, 4.69) is 0 Å². The number of hydrogen-bond donors (Lipinski definition) is 0. The van der Waals surface area contributed by atoms with Crippen molar-refractivity contribution >= 4 is 17.5 Å². The first-order chi connectivity index (χ1) is 7.41. The number of ether oxygens (including phenoxy) is 1. The van der Waals surface area contributed by atoms with E-state index in [1.54, 1.807) is 33.2 Å². The summed E-state index contributed by atoms with van der Waals surface area (Å²) in [5.74, 6) is 0.595. The number of halogens is 1. The van der Waals surface area contributed by atoms with E-state index in [-0.39, 0.29) is 5.91 Å². The molecule has 1 aromatic rings. The highest BCUT2D eigenvalue weighted by Gasteiger charge is 2.16. The topological polar surface area (TPSA) is 29.5 Å². The Morgan fingerprint density at radius 2 is 2.06 bits per heavy atom. The molecule has 0 aliphatic heterocycles. The number of amides is 1. The highest BCUT2D eigenvalue weighted by Crippen LogP contribution is 2.21. The molecule has 0 aliphatic rings. The van der Waals surface area contributed by atoms with Crippen LogP contribution in [0.5, 0.6) is 5.75 Å². The van der Waals surface area contributed by atoms with Crippen LogP contribution in [0.3, 0.4) is 0 Å². The van der Waals surface area contributed by atoms with E-state index >= 15 is 0 Å². The lowest BCUT2D eigenvalue weighted by molar-refractivity contribution is -0.135. The fraction of sp³-hybridized carbons (Fsp3) is 0.417. The number of nitrogens with zero attached hydrogens (tertiary/aromatic N) is 1. The van der Waals surface area contributed by atoms with Gasteiger partial charge in [-0.25, -0.2) is 0 Å². The Labute approximate surface area is 101 Å². The first kappa shape index (κ1) is 12.8. The molecule has 0 heterocycles. The monoisotopic (exact) mass is 241 g/mol. The van der Waals surface area contributed by atoms with Crippen LogP contribution in [0.2, 0.25) is 5.02 Å². The largest absolute Gasteiger partial charge is 0.481 e. The molecule has 1 atom stereocenters. The molecule has 88 valence electrons.